The van der Waals surface area contributed by atoms with E-state index in [2.05, 4.69) is 6.58 Å². The topological polar surface area (TPSA) is 20.2 Å². The lowest BCUT2D eigenvalue weighted by atomic mass is 10.2. The van der Waals surface area contributed by atoms with Crippen molar-refractivity contribution in [3.05, 3.63) is 53.5 Å². The van der Waals surface area contributed by atoms with Gasteiger partial charge in [-0.1, -0.05) is 42.6 Å². The molecular weight excluding hydrogens is 192 g/mol. The third-order valence-corrected chi connectivity index (χ3v) is 2.70. The monoisotopic (exact) mass is 206 g/mol. The first-order valence-corrected chi connectivity index (χ1v) is 5.25. The van der Waals surface area contributed by atoms with Gasteiger partial charge in [-0.15, -0.1) is 0 Å². The normalized spacial score (nSPS) is 11.4. The maximum absolute atomic E-state index is 8.86. The minimum Gasteiger partial charge on any atom is -0.392 e. The first-order chi connectivity index (χ1) is 6.76. The van der Waals surface area contributed by atoms with Crippen LogP contribution in [0.1, 0.15) is 12.5 Å². The molecule has 0 aliphatic heterocycles. The van der Waals surface area contributed by atoms with E-state index < -0.39 is 0 Å². The van der Waals surface area contributed by atoms with Crippen molar-refractivity contribution in [2.75, 3.05) is 0 Å². The van der Waals surface area contributed by atoms with E-state index in [9.17, 15) is 0 Å². The van der Waals surface area contributed by atoms with Crippen LogP contribution in [0.15, 0.2) is 52.8 Å². The van der Waals surface area contributed by atoms with Gasteiger partial charge in [-0.25, -0.2) is 0 Å². The molecule has 1 nitrogen and oxygen atoms in total. The van der Waals surface area contributed by atoms with Gasteiger partial charge in [-0.05, 0) is 29.5 Å². The minimum atomic E-state index is 0.104. The lowest BCUT2D eigenvalue weighted by Crippen LogP contribution is -1.81. The maximum atomic E-state index is 8.86. The average molecular weight is 206 g/mol. The number of rotatable bonds is 4. The van der Waals surface area contributed by atoms with Crippen LogP contribution in [0.2, 0.25) is 0 Å². The summed E-state index contributed by atoms with van der Waals surface area (Å²) >= 11 is 1.70. The van der Waals surface area contributed by atoms with Crippen LogP contribution in [0.25, 0.3) is 0 Å². The molecule has 0 aromatic heterocycles. The van der Waals surface area contributed by atoms with E-state index in [1.54, 1.807) is 17.8 Å². The highest BCUT2D eigenvalue weighted by atomic mass is 32.2. The molecule has 1 N–H and O–H groups in total. The first-order valence-electron chi connectivity index (χ1n) is 4.43. The zero-order valence-electron chi connectivity index (χ0n) is 8.23. The predicted molar refractivity (Wildman–Crippen MR) is 62.2 cm³/mol. The summed E-state index contributed by atoms with van der Waals surface area (Å²) in [7, 11) is 0. The van der Waals surface area contributed by atoms with Gasteiger partial charge in [0.15, 0.2) is 0 Å². The quantitative estimate of drug-likeness (QED) is 0.602. The molecule has 2 heteroatoms. The average Bonchev–Trinajstić information content (AvgIpc) is 2.19. The summed E-state index contributed by atoms with van der Waals surface area (Å²) in [4.78, 5) is 2.38. The van der Waals surface area contributed by atoms with Crippen molar-refractivity contribution in [2.45, 2.75) is 18.4 Å². The molecule has 0 heterocycles. The summed E-state index contributed by atoms with van der Waals surface area (Å²) in [6, 6.07) is 7.89. The first kappa shape index (κ1) is 11.1. The van der Waals surface area contributed by atoms with Crippen molar-refractivity contribution in [1.82, 2.24) is 0 Å². The van der Waals surface area contributed by atoms with E-state index in [1.807, 2.05) is 37.3 Å². The second kappa shape index (κ2) is 5.68. The number of benzene rings is 1. The predicted octanol–water partition coefficient (Wildman–Crippen LogP) is 3.36. The Labute approximate surface area is 89.2 Å². The Balaban J connectivity index is 2.68. The number of allylic oxidation sites excluding steroid dienone is 3. The fourth-order valence-electron chi connectivity index (χ4n) is 1.05. The van der Waals surface area contributed by atoms with E-state index in [0.717, 1.165) is 5.56 Å². The molecule has 0 spiro atoms. The van der Waals surface area contributed by atoms with Crippen LogP contribution in [-0.4, -0.2) is 5.11 Å². The number of thioether (sulfide) groups is 1. The Morgan fingerprint density at radius 3 is 2.57 bits per heavy atom. The summed E-state index contributed by atoms with van der Waals surface area (Å²) < 4.78 is 0. The molecule has 0 atom stereocenters. The Hall–Kier alpha value is -0.990. The summed E-state index contributed by atoms with van der Waals surface area (Å²) in [5.74, 6) is 0. The van der Waals surface area contributed by atoms with Crippen LogP contribution in [0.5, 0.6) is 0 Å². The van der Waals surface area contributed by atoms with Crippen molar-refractivity contribution >= 4 is 11.8 Å². The molecule has 0 saturated carbocycles. The van der Waals surface area contributed by atoms with Crippen molar-refractivity contribution in [1.29, 1.82) is 0 Å². The Morgan fingerprint density at radius 1 is 1.43 bits per heavy atom. The van der Waals surface area contributed by atoms with E-state index in [4.69, 9.17) is 5.11 Å². The van der Waals surface area contributed by atoms with Gasteiger partial charge < -0.3 is 5.11 Å². The molecule has 1 aromatic rings. The molecule has 0 aliphatic rings. The van der Waals surface area contributed by atoms with Crippen LogP contribution in [-0.2, 0) is 6.61 Å². The number of aliphatic hydroxyl groups is 1. The molecule has 0 saturated heterocycles. The van der Waals surface area contributed by atoms with E-state index in [1.165, 1.54) is 9.80 Å². The molecule has 1 aromatic carbocycles. The molecule has 14 heavy (non-hydrogen) atoms. The lowest BCUT2D eigenvalue weighted by molar-refractivity contribution is 0.282. The van der Waals surface area contributed by atoms with Gasteiger partial charge in [0.25, 0.3) is 0 Å². The molecule has 74 valence electrons. The molecular formula is C12H14OS. The smallest absolute Gasteiger partial charge is 0.0681 e. The van der Waals surface area contributed by atoms with Gasteiger partial charge >= 0.3 is 0 Å². The van der Waals surface area contributed by atoms with Gasteiger partial charge in [0.05, 0.1) is 6.61 Å². The van der Waals surface area contributed by atoms with Gasteiger partial charge in [0.1, 0.15) is 0 Å². The van der Waals surface area contributed by atoms with Crippen molar-refractivity contribution < 1.29 is 5.11 Å². The fourth-order valence-corrected chi connectivity index (χ4v) is 1.86. The zero-order valence-corrected chi connectivity index (χ0v) is 9.05. The fraction of sp³-hybridized carbons (Fsp3) is 0.167. The highest BCUT2D eigenvalue weighted by molar-refractivity contribution is 8.03. The number of hydrogen-bond donors (Lipinski definition) is 1. The van der Waals surface area contributed by atoms with E-state index in [-0.39, 0.29) is 6.61 Å². The third-order valence-electron chi connectivity index (χ3n) is 1.74. The largest absolute Gasteiger partial charge is 0.392 e. The minimum absolute atomic E-state index is 0.104. The van der Waals surface area contributed by atoms with Crippen molar-refractivity contribution in [3.8, 4) is 0 Å². The standard InChI is InChI=1S/C12H14OS/c1-3-4-10(2)14-12-7-5-11(9-13)6-8-12/h3-8,13H,1,9H2,2H3/b10-4-. The highest BCUT2D eigenvalue weighted by Crippen LogP contribution is 2.26. The van der Waals surface area contributed by atoms with Gasteiger partial charge in [0, 0.05) is 4.90 Å². The van der Waals surface area contributed by atoms with Crippen LogP contribution >= 0.6 is 11.8 Å². The Kier molecular flexibility index (Phi) is 4.50. The SMILES string of the molecule is C=C/C=C(/C)Sc1ccc(CO)cc1. The van der Waals surface area contributed by atoms with Crippen LogP contribution in [0.3, 0.4) is 0 Å². The molecule has 0 fully saturated rings. The molecule has 0 bridgehead atoms. The van der Waals surface area contributed by atoms with E-state index >= 15 is 0 Å². The van der Waals surface area contributed by atoms with Crippen LogP contribution in [0, 0.1) is 0 Å². The number of aliphatic hydroxyl groups excluding tert-OH is 1. The van der Waals surface area contributed by atoms with Gasteiger partial charge in [-0.3, -0.25) is 0 Å². The zero-order chi connectivity index (χ0) is 10.4. The molecule has 0 amide bonds. The summed E-state index contributed by atoms with van der Waals surface area (Å²) in [6.07, 6.45) is 3.76. The third kappa shape index (κ3) is 3.40. The summed E-state index contributed by atoms with van der Waals surface area (Å²) in [5.41, 5.74) is 0.944. The van der Waals surface area contributed by atoms with Gasteiger partial charge in [-0.2, -0.15) is 0 Å². The summed E-state index contributed by atoms with van der Waals surface area (Å²) in [6.45, 7) is 5.80. The van der Waals surface area contributed by atoms with Crippen molar-refractivity contribution in [3.63, 3.8) is 0 Å². The molecule has 0 unspecified atom stereocenters. The van der Waals surface area contributed by atoms with E-state index in [0.29, 0.717) is 0 Å². The summed E-state index contributed by atoms with van der Waals surface area (Å²) in [5, 5.41) is 8.86. The molecule has 0 aliphatic carbocycles. The Morgan fingerprint density at radius 2 is 2.07 bits per heavy atom. The molecule has 0 radical (unpaired) electrons. The molecule has 1 rings (SSSR count). The van der Waals surface area contributed by atoms with Crippen LogP contribution < -0.4 is 0 Å². The second-order valence-electron chi connectivity index (χ2n) is 2.92. The van der Waals surface area contributed by atoms with Gasteiger partial charge in [0.2, 0.25) is 0 Å². The Bertz CT molecular complexity index is 325. The van der Waals surface area contributed by atoms with Crippen molar-refractivity contribution in [2.24, 2.45) is 0 Å². The number of hydrogen-bond acceptors (Lipinski definition) is 2. The second-order valence-corrected chi connectivity index (χ2v) is 4.24. The lowest BCUT2D eigenvalue weighted by Gasteiger charge is -2.01. The maximum Gasteiger partial charge on any atom is 0.0681 e. The van der Waals surface area contributed by atoms with Crippen LogP contribution in [0.4, 0.5) is 0 Å². The highest BCUT2D eigenvalue weighted by Gasteiger charge is 1.95.